The van der Waals surface area contributed by atoms with Gasteiger partial charge in [0, 0.05) is 11.6 Å². The highest BCUT2D eigenvalue weighted by atomic mass is 16.6. The zero-order valence-corrected chi connectivity index (χ0v) is 17.8. The van der Waals surface area contributed by atoms with Crippen LogP contribution in [0.3, 0.4) is 0 Å². The molecule has 0 bridgehead atoms. The highest BCUT2D eigenvalue weighted by molar-refractivity contribution is 5.99. The van der Waals surface area contributed by atoms with Crippen LogP contribution >= 0.6 is 0 Å². The van der Waals surface area contributed by atoms with E-state index in [2.05, 4.69) is 0 Å². The van der Waals surface area contributed by atoms with Crippen molar-refractivity contribution in [3.63, 3.8) is 0 Å². The maximum absolute atomic E-state index is 12.3. The van der Waals surface area contributed by atoms with Crippen molar-refractivity contribution in [3.8, 4) is 11.5 Å². The summed E-state index contributed by atoms with van der Waals surface area (Å²) >= 11 is 0. The minimum Gasteiger partial charge on any atom is -0.496 e. The Labute approximate surface area is 177 Å². The lowest BCUT2D eigenvalue weighted by Gasteiger charge is -2.16. The number of ether oxygens (including phenoxy) is 4. The average molecular weight is 412 g/mol. The van der Waals surface area contributed by atoms with Crippen LogP contribution in [-0.2, 0) is 25.7 Å². The first-order chi connectivity index (χ1) is 14.5. The molecule has 0 fully saturated rings. The van der Waals surface area contributed by atoms with Gasteiger partial charge in [-0.15, -0.1) is 0 Å². The summed E-state index contributed by atoms with van der Waals surface area (Å²) < 4.78 is 21.4. The van der Waals surface area contributed by atoms with E-state index in [1.165, 1.54) is 0 Å². The summed E-state index contributed by atoms with van der Waals surface area (Å²) in [5, 5.41) is 0. The van der Waals surface area contributed by atoms with Gasteiger partial charge in [0.1, 0.15) is 18.1 Å². The normalized spacial score (nSPS) is 11.2. The van der Waals surface area contributed by atoms with Gasteiger partial charge in [-0.25, -0.2) is 0 Å². The van der Waals surface area contributed by atoms with Crippen molar-refractivity contribution in [3.05, 3.63) is 65.2 Å². The van der Waals surface area contributed by atoms with E-state index in [0.29, 0.717) is 29.2 Å². The molecule has 0 atom stereocenters. The van der Waals surface area contributed by atoms with Crippen molar-refractivity contribution in [1.29, 1.82) is 0 Å². The fraction of sp³-hybridized carbons (Fsp3) is 0.333. The molecular formula is C24H28O6. The summed E-state index contributed by atoms with van der Waals surface area (Å²) in [7, 11) is 1.55. The molecule has 160 valence electrons. The second kappa shape index (κ2) is 11.7. The molecule has 0 unspecified atom stereocenters. The van der Waals surface area contributed by atoms with Crippen molar-refractivity contribution >= 4 is 18.0 Å². The molecule has 0 aliphatic heterocycles. The molecular weight excluding hydrogens is 384 g/mol. The van der Waals surface area contributed by atoms with Crippen molar-refractivity contribution < 1.29 is 28.5 Å². The Kier molecular flexibility index (Phi) is 8.94. The highest BCUT2D eigenvalue weighted by Gasteiger charge is 2.31. The third-order valence-corrected chi connectivity index (χ3v) is 4.34. The average Bonchev–Trinajstić information content (AvgIpc) is 2.74. The van der Waals surface area contributed by atoms with Crippen molar-refractivity contribution in [2.75, 3.05) is 20.3 Å². The SMILES string of the molecule is CCOC(=O)C(C(=O)OCC)C(C)=Cc1ccc(OCc2ccccc2)cc1OC. The summed E-state index contributed by atoms with van der Waals surface area (Å²) in [5.41, 5.74) is 2.27. The van der Waals surface area contributed by atoms with Gasteiger partial charge in [0.25, 0.3) is 0 Å². The number of carbonyl (C=O) groups excluding carboxylic acids is 2. The Morgan fingerprint density at radius 2 is 1.60 bits per heavy atom. The zero-order chi connectivity index (χ0) is 21.9. The third-order valence-electron chi connectivity index (χ3n) is 4.34. The number of rotatable bonds is 10. The first-order valence-corrected chi connectivity index (χ1v) is 9.86. The molecule has 0 N–H and O–H groups in total. The first kappa shape index (κ1) is 23.0. The number of hydrogen-bond acceptors (Lipinski definition) is 6. The summed E-state index contributed by atoms with van der Waals surface area (Å²) in [4.78, 5) is 24.6. The summed E-state index contributed by atoms with van der Waals surface area (Å²) in [6.07, 6.45) is 1.72. The monoisotopic (exact) mass is 412 g/mol. The van der Waals surface area contributed by atoms with Gasteiger partial charge in [0.15, 0.2) is 5.92 Å². The third kappa shape index (κ3) is 6.37. The van der Waals surface area contributed by atoms with Crippen LogP contribution in [0.1, 0.15) is 31.9 Å². The molecule has 0 saturated carbocycles. The minimum absolute atomic E-state index is 0.179. The standard InChI is InChI=1S/C24H28O6/c1-5-28-23(25)22(24(26)29-6-2)17(3)14-19-12-13-20(15-21(19)27-4)30-16-18-10-8-7-9-11-18/h7-15,22H,5-6,16H2,1-4H3. The molecule has 2 aromatic rings. The van der Waals surface area contributed by atoms with Crippen LogP contribution in [0.4, 0.5) is 0 Å². The van der Waals surface area contributed by atoms with Crippen LogP contribution in [0.2, 0.25) is 0 Å². The Hall–Kier alpha value is -3.28. The molecule has 0 aliphatic rings. The van der Waals surface area contributed by atoms with Crippen LogP contribution in [-0.4, -0.2) is 32.3 Å². The fourth-order valence-electron chi connectivity index (χ4n) is 2.89. The molecule has 6 heteroatoms. The van der Waals surface area contributed by atoms with Crippen molar-refractivity contribution in [2.24, 2.45) is 5.92 Å². The van der Waals surface area contributed by atoms with Crippen molar-refractivity contribution in [2.45, 2.75) is 27.4 Å². The molecule has 2 rings (SSSR count). The van der Waals surface area contributed by atoms with E-state index in [0.717, 1.165) is 5.56 Å². The smallest absolute Gasteiger partial charge is 0.324 e. The van der Waals surface area contributed by atoms with Gasteiger partial charge in [-0.05, 0) is 44.0 Å². The lowest BCUT2D eigenvalue weighted by molar-refractivity contribution is -0.159. The molecule has 0 saturated heterocycles. The maximum atomic E-state index is 12.3. The van der Waals surface area contributed by atoms with Crippen LogP contribution < -0.4 is 9.47 Å². The van der Waals surface area contributed by atoms with Crippen LogP contribution in [0.5, 0.6) is 11.5 Å². The highest BCUT2D eigenvalue weighted by Crippen LogP contribution is 2.29. The zero-order valence-electron chi connectivity index (χ0n) is 17.8. The van der Waals surface area contributed by atoms with Gasteiger partial charge in [0.2, 0.25) is 0 Å². The van der Waals surface area contributed by atoms with Gasteiger partial charge < -0.3 is 18.9 Å². The first-order valence-electron chi connectivity index (χ1n) is 9.86. The summed E-state index contributed by atoms with van der Waals surface area (Å²) in [5.74, 6) is -1.18. The summed E-state index contributed by atoms with van der Waals surface area (Å²) in [6, 6.07) is 15.2. The number of benzene rings is 2. The van der Waals surface area contributed by atoms with Crippen molar-refractivity contribution in [1.82, 2.24) is 0 Å². The lowest BCUT2D eigenvalue weighted by Crippen LogP contribution is -2.29. The number of hydrogen-bond donors (Lipinski definition) is 0. The second-order valence-corrected chi connectivity index (χ2v) is 6.50. The molecule has 30 heavy (non-hydrogen) atoms. The van der Waals surface area contributed by atoms with Gasteiger partial charge >= 0.3 is 11.9 Å². The Bertz CT molecular complexity index is 855. The van der Waals surface area contributed by atoms with E-state index in [1.54, 1.807) is 40.0 Å². The maximum Gasteiger partial charge on any atom is 0.324 e. The minimum atomic E-state index is -1.12. The van der Waals surface area contributed by atoms with E-state index in [4.69, 9.17) is 18.9 Å². The lowest BCUT2D eigenvalue weighted by atomic mass is 9.98. The molecule has 0 aromatic heterocycles. The van der Waals surface area contributed by atoms with E-state index >= 15 is 0 Å². The molecule has 6 nitrogen and oxygen atoms in total. The van der Waals surface area contributed by atoms with Gasteiger partial charge in [0.05, 0.1) is 20.3 Å². The number of methoxy groups -OCH3 is 1. The fourth-order valence-corrected chi connectivity index (χ4v) is 2.89. The van der Waals surface area contributed by atoms with E-state index in [9.17, 15) is 9.59 Å². The topological polar surface area (TPSA) is 71.1 Å². The van der Waals surface area contributed by atoms with E-state index in [1.807, 2.05) is 42.5 Å². The predicted octanol–water partition coefficient (Wildman–Crippen LogP) is 4.42. The Morgan fingerprint density at radius 3 is 2.17 bits per heavy atom. The van der Waals surface area contributed by atoms with E-state index in [-0.39, 0.29) is 13.2 Å². The summed E-state index contributed by atoms with van der Waals surface area (Å²) in [6.45, 7) is 5.87. The van der Waals surface area contributed by atoms with E-state index < -0.39 is 17.9 Å². The van der Waals surface area contributed by atoms with Gasteiger partial charge in [-0.2, -0.15) is 0 Å². The number of esters is 2. The van der Waals surface area contributed by atoms with Gasteiger partial charge in [-0.1, -0.05) is 36.4 Å². The molecule has 0 spiro atoms. The molecule has 0 amide bonds. The van der Waals surface area contributed by atoms with Crippen LogP contribution in [0.15, 0.2) is 54.1 Å². The predicted molar refractivity (Wildman–Crippen MR) is 114 cm³/mol. The van der Waals surface area contributed by atoms with Gasteiger partial charge in [-0.3, -0.25) is 9.59 Å². The largest absolute Gasteiger partial charge is 0.496 e. The number of carbonyl (C=O) groups is 2. The second-order valence-electron chi connectivity index (χ2n) is 6.50. The molecule has 0 heterocycles. The molecule has 2 aromatic carbocycles. The quantitative estimate of drug-likeness (QED) is 0.425. The molecule has 0 radical (unpaired) electrons. The Balaban J connectivity index is 2.24. The Morgan fingerprint density at radius 1 is 0.967 bits per heavy atom. The van der Waals surface area contributed by atoms with Crippen LogP contribution in [0, 0.1) is 5.92 Å². The van der Waals surface area contributed by atoms with Crippen LogP contribution in [0.25, 0.3) is 6.08 Å². The molecule has 0 aliphatic carbocycles.